The van der Waals surface area contributed by atoms with Crippen molar-refractivity contribution < 1.29 is 19.0 Å². The van der Waals surface area contributed by atoms with Crippen molar-refractivity contribution in [2.24, 2.45) is 5.92 Å². The SMILES string of the molecule is CCCC(CC(=O)OC(C)(C)CC)C1COCCO1. The lowest BCUT2D eigenvalue weighted by molar-refractivity contribution is -0.162. The van der Waals surface area contributed by atoms with E-state index in [0.29, 0.717) is 26.2 Å². The van der Waals surface area contributed by atoms with E-state index < -0.39 is 0 Å². The normalized spacial score (nSPS) is 22.0. The molecular weight excluding hydrogens is 244 g/mol. The van der Waals surface area contributed by atoms with E-state index in [1.807, 2.05) is 20.8 Å². The molecule has 0 aliphatic carbocycles. The van der Waals surface area contributed by atoms with Crippen molar-refractivity contribution in [1.29, 1.82) is 0 Å². The molecule has 0 bridgehead atoms. The molecule has 1 fully saturated rings. The molecule has 0 N–H and O–H groups in total. The minimum absolute atomic E-state index is 0.0333. The second-order valence-corrected chi connectivity index (χ2v) is 5.82. The molecule has 0 saturated carbocycles. The van der Waals surface area contributed by atoms with Crippen molar-refractivity contribution in [2.75, 3.05) is 19.8 Å². The Kier molecular flexibility index (Phi) is 6.80. The molecule has 0 spiro atoms. The van der Waals surface area contributed by atoms with Gasteiger partial charge in [-0.3, -0.25) is 4.79 Å². The molecule has 1 saturated heterocycles. The third-order valence-corrected chi connectivity index (χ3v) is 3.70. The number of carbonyl (C=O) groups excluding carboxylic acids is 1. The Balaban J connectivity index is 2.50. The number of hydrogen-bond acceptors (Lipinski definition) is 4. The summed E-state index contributed by atoms with van der Waals surface area (Å²) >= 11 is 0. The highest BCUT2D eigenvalue weighted by molar-refractivity contribution is 5.70. The van der Waals surface area contributed by atoms with Crippen molar-refractivity contribution in [3.63, 3.8) is 0 Å². The van der Waals surface area contributed by atoms with Crippen LogP contribution in [0.15, 0.2) is 0 Å². The summed E-state index contributed by atoms with van der Waals surface area (Å²) in [6.45, 7) is 9.91. The largest absolute Gasteiger partial charge is 0.460 e. The van der Waals surface area contributed by atoms with E-state index in [1.165, 1.54) is 0 Å². The average molecular weight is 272 g/mol. The van der Waals surface area contributed by atoms with Gasteiger partial charge in [0.05, 0.1) is 32.3 Å². The molecule has 1 heterocycles. The molecule has 19 heavy (non-hydrogen) atoms. The van der Waals surface area contributed by atoms with Gasteiger partial charge in [-0.05, 0) is 32.6 Å². The van der Waals surface area contributed by atoms with Gasteiger partial charge in [-0.2, -0.15) is 0 Å². The van der Waals surface area contributed by atoms with Crippen LogP contribution in [0, 0.1) is 5.92 Å². The van der Waals surface area contributed by atoms with E-state index in [2.05, 4.69) is 6.92 Å². The van der Waals surface area contributed by atoms with Crippen molar-refractivity contribution in [1.82, 2.24) is 0 Å². The maximum Gasteiger partial charge on any atom is 0.306 e. The van der Waals surface area contributed by atoms with Crippen LogP contribution in [0.25, 0.3) is 0 Å². The predicted octanol–water partition coefficient (Wildman–Crippen LogP) is 2.94. The first-order valence-electron chi connectivity index (χ1n) is 7.39. The number of hydrogen-bond donors (Lipinski definition) is 0. The molecule has 0 amide bonds. The molecule has 0 radical (unpaired) electrons. The molecule has 112 valence electrons. The van der Waals surface area contributed by atoms with E-state index in [4.69, 9.17) is 14.2 Å². The molecule has 0 aromatic heterocycles. The van der Waals surface area contributed by atoms with Crippen LogP contribution >= 0.6 is 0 Å². The van der Waals surface area contributed by atoms with Crippen LogP contribution in [0.3, 0.4) is 0 Å². The summed E-state index contributed by atoms with van der Waals surface area (Å²) < 4.78 is 16.7. The molecule has 0 aromatic rings. The number of ether oxygens (including phenoxy) is 3. The molecule has 4 nitrogen and oxygen atoms in total. The van der Waals surface area contributed by atoms with Gasteiger partial charge in [-0.25, -0.2) is 0 Å². The van der Waals surface area contributed by atoms with Crippen molar-refractivity contribution in [3.8, 4) is 0 Å². The van der Waals surface area contributed by atoms with Crippen molar-refractivity contribution >= 4 is 5.97 Å². The highest BCUT2D eigenvalue weighted by Crippen LogP contribution is 2.23. The highest BCUT2D eigenvalue weighted by Gasteiger charge is 2.29. The standard InChI is InChI=1S/C15H28O4/c1-5-7-12(13-11-17-8-9-18-13)10-14(16)19-15(3,4)6-2/h12-13H,5-11H2,1-4H3. The van der Waals surface area contributed by atoms with E-state index in [9.17, 15) is 4.79 Å². The van der Waals surface area contributed by atoms with Gasteiger partial charge in [0.15, 0.2) is 0 Å². The van der Waals surface area contributed by atoms with Gasteiger partial charge in [-0.1, -0.05) is 20.3 Å². The Hall–Kier alpha value is -0.610. The van der Waals surface area contributed by atoms with Crippen molar-refractivity contribution in [3.05, 3.63) is 0 Å². The smallest absolute Gasteiger partial charge is 0.306 e. The maximum absolute atomic E-state index is 12.0. The van der Waals surface area contributed by atoms with Gasteiger partial charge >= 0.3 is 5.97 Å². The topological polar surface area (TPSA) is 44.8 Å². The summed E-state index contributed by atoms with van der Waals surface area (Å²) in [7, 11) is 0. The first kappa shape index (κ1) is 16.4. The molecule has 4 heteroatoms. The molecule has 1 aliphatic rings. The van der Waals surface area contributed by atoms with Gasteiger partial charge in [0.1, 0.15) is 5.60 Å². The summed E-state index contributed by atoms with van der Waals surface area (Å²) in [5.74, 6) is 0.0740. The van der Waals surface area contributed by atoms with Gasteiger partial charge in [0.25, 0.3) is 0 Å². The molecule has 1 aliphatic heterocycles. The molecule has 0 aromatic carbocycles. The Morgan fingerprint density at radius 3 is 2.63 bits per heavy atom. The summed E-state index contributed by atoms with van der Waals surface area (Å²) in [5, 5.41) is 0. The fourth-order valence-corrected chi connectivity index (χ4v) is 2.20. The fraction of sp³-hybridized carbons (Fsp3) is 0.933. The monoisotopic (exact) mass is 272 g/mol. The molecule has 2 unspecified atom stereocenters. The number of carbonyl (C=O) groups is 1. The summed E-state index contributed by atoms with van der Waals surface area (Å²) in [6.07, 6.45) is 3.28. The summed E-state index contributed by atoms with van der Waals surface area (Å²) in [5.41, 5.74) is -0.377. The lowest BCUT2D eigenvalue weighted by atomic mass is 9.93. The lowest BCUT2D eigenvalue weighted by Crippen LogP contribution is -2.37. The quantitative estimate of drug-likeness (QED) is 0.668. The van der Waals surface area contributed by atoms with Gasteiger partial charge in [0, 0.05) is 0 Å². The van der Waals surface area contributed by atoms with Gasteiger partial charge in [-0.15, -0.1) is 0 Å². The Labute approximate surface area is 116 Å². The second-order valence-electron chi connectivity index (χ2n) is 5.82. The van der Waals surface area contributed by atoms with E-state index >= 15 is 0 Å². The van der Waals surface area contributed by atoms with Crippen LogP contribution < -0.4 is 0 Å². The average Bonchev–Trinajstić information content (AvgIpc) is 2.38. The Bertz CT molecular complexity index is 269. The van der Waals surface area contributed by atoms with Crippen LogP contribution in [-0.2, 0) is 19.0 Å². The van der Waals surface area contributed by atoms with Crippen molar-refractivity contribution in [2.45, 2.75) is 65.1 Å². The Morgan fingerprint density at radius 2 is 2.11 bits per heavy atom. The van der Waals surface area contributed by atoms with Crippen LogP contribution in [0.1, 0.15) is 53.4 Å². The zero-order valence-corrected chi connectivity index (χ0v) is 12.7. The lowest BCUT2D eigenvalue weighted by Gasteiger charge is -2.31. The van der Waals surface area contributed by atoms with Gasteiger partial charge in [0.2, 0.25) is 0 Å². The van der Waals surface area contributed by atoms with E-state index in [0.717, 1.165) is 19.3 Å². The van der Waals surface area contributed by atoms with E-state index in [1.54, 1.807) is 0 Å². The molecule has 2 atom stereocenters. The minimum Gasteiger partial charge on any atom is -0.460 e. The first-order chi connectivity index (χ1) is 8.98. The predicted molar refractivity (Wildman–Crippen MR) is 74.0 cm³/mol. The minimum atomic E-state index is -0.377. The maximum atomic E-state index is 12.0. The highest BCUT2D eigenvalue weighted by atomic mass is 16.6. The zero-order valence-electron chi connectivity index (χ0n) is 12.7. The third-order valence-electron chi connectivity index (χ3n) is 3.70. The second kappa shape index (κ2) is 7.85. The number of rotatable bonds is 7. The molecular formula is C15H28O4. The Morgan fingerprint density at radius 1 is 1.37 bits per heavy atom. The van der Waals surface area contributed by atoms with Crippen LogP contribution in [0.2, 0.25) is 0 Å². The van der Waals surface area contributed by atoms with Gasteiger partial charge < -0.3 is 14.2 Å². The summed E-state index contributed by atoms with van der Waals surface area (Å²) in [6, 6.07) is 0. The van der Waals surface area contributed by atoms with Crippen LogP contribution in [0.5, 0.6) is 0 Å². The molecule has 1 rings (SSSR count). The summed E-state index contributed by atoms with van der Waals surface area (Å²) in [4.78, 5) is 12.0. The number of esters is 1. The van der Waals surface area contributed by atoms with Crippen LogP contribution in [-0.4, -0.2) is 37.5 Å². The third kappa shape index (κ3) is 5.91. The fourth-order valence-electron chi connectivity index (χ4n) is 2.20. The van der Waals surface area contributed by atoms with Crippen LogP contribution in [0.4, 0.5) is 0 Å². The zero-order chi connectivity index (χ0) is 14.3. The first-order valence-corrected chi connectivity index (χ1v) is 7.39. The van der Waals surface area contributed by atoms with E-state index in [-0.39, 0.29) is 23.6 Å².